The molecule has 2 aromatic rings. The van der Waals surface area contributed by atoms with Gasteiger partial charge in [-0.15, -0.1) is 11.3 Å². The third kappa shape index (κ3) is 2.65. The van der Waals surface area contributed by atoms with Crippen molar-refractivity contribution >= 4 is 44.6 Å². The summed E-state index contributed by atoms with van der Waals surface area (Å²) in [5.41, 5.74) is -0.619. The quantitative estimate of drug-likeness (QED) is 0.805. The van der Waals surface area contributed by atoms with Crippen LogP contribution in [0.5, 0.6) is 0 Å². The highest BCUT2D eigenvalue weighted by Gasteiger charge is 2.51. The number of fused-ring (bicyclic) bond motifs is 1. The molecule has 1 atom stereocenters. The zero-order valence-corrected chi connectivity index (χ0v) is 15.1. The Morgan fingerprint density at radius 1 is 1.30 bits per heavy atom. The van der Waals surface area contributed by atoms with Crippen LogP contribution in [0.1, 0.15) is 35.5 Å². The number of thiophene rings is 1. The third-order valence-corrected chi connectivity index (χ3v) is 5.63. The van der Waals surface area contributed by atoms with Crippen molar-refractivity contribution in [1.82, 2.24) is 0 Å². The van der Waals surface area contributed by atoms with Gasteiger partial charge in [0.25, 0.3) is 5.91 Å². The summed E-state index contributed by atoms with van der Waals surface area (Å²) in [6, 6.07) is 10.5. The average Bonchev–Trinajstić information content (AvgIpc) is 3.01. The van der Waals surface area contributed by atoms with Crippen molar-refractivity contribution in [3.63, 3.8) is 0 Å². The van der Waals surface area contributed by atoms with Gasteiger partial charge in [0.15, 0.2) is 11.4 Å². The summed E-state index contributed by atoms with van der Waals surface area (Å²) in [6.45, 7) is 3.78. The standard InChI is InChI=1S/C17H16BrNO3S/c1-10(2)19-12-6-4-3-5-11(12)17(22,16(19)21)9-13(20)14-7-8-15(18)23-14/h3-8,10,22H,9H2,1-2H3/t17-/m1/s1. The van der Waals surface area contributed by atoms with E-state index in [4.69, 9.17) is 0 Å². The van der Waals surface area contributed by atoms with E-state index in [1.165, 1.54) is 11.3 Å². The van der Waals surface area contributed by atoms with E-state index in [9.17, 15) is 14.7 Å². The lowest BCUT2D eigenvalue weighted by Gasteiger charge is -2.25. The molecule has 120 valence electrons. The first kappa shape index (κ1) is 16.4. The Hall–Kier alpha value is -1.50. The molecule has 4 nitrogen and oxygen atoms in total. The van der Waals surface area contributed by atoms with Gasteiger partial charge in [-0.05, 0) is 48.0 Å². The maximum atomic E-state index is 12.8. The molecular formula is C17H16BrNO3S. The van der Waals surface area contributed by atoms with Gasteiger partial charge in [-0.25, -0.2) is 0 Å². The lowest BCUT2D eigenvalue weighted by atomic mass is 9.89. The van der Waals surface area contributed by atoms with Crippen LogP contribution in [0.3, 0.4) is 0 Å². The zero-order valence-electron chi connectivity index (χ0n) is 12.7. The van der Waals surface area contributed by atoms with Gasteiger partial charge < -0.3 is 10.0 Å². The molecule has 6 heteroatoms. The Labute approximate surface area is 146 Å². The Morgan fingerprint density at radius 3 is 2.61 bits per heavy atom. The predicted octanol–water partition coefficient (Wildman–Crippen LogP) is 3.73. The molecule has 2 heterocycles. The van der Waals surface area contributed by atoms with E-state index in [1.54, 1.807) is 35.2 Å². The van der Waals surface area contributed by atoms with Crippen LogP contribution >= 0.6 is 27.3 Å². The van der Waals surface area contributed by atoms with Crippen molar-refractivity contribution in [2.45, 2.75) is 31.9 Å². The molecule has 1 aliphatic rings. The molecule has 0 saturated heterocycles. The van der Waals surface area contributed by atoms with Crippen LogP contribution in [0.2, 0.25) is 0 Å². The van der Waals surface area contributed by atoms with Gasteiger partial charge in [-0.1, -0.05) is 18.2 Å². The molecule has 1 aromatic carbocycles. The maximum Gasteiger partial charge on any atom is 0.264 e. The molecule has 0 aliphatic carbocycles. The maximum absolute atomic E-state index is 12.8. The smallest absolute Gasteiger partial charge is 0.264 e. The fourth-order valence-electron chi connectivity index (χ4n) is 2.92. The molecule has 1 amide bonds. The van der Waals surface area contributed by atoms with Crippen molar-refractivity contribution in [1.29, 1.82) is 0 Å². The number of nitrogens with zero attached hydrogens (tertiary/aromatic N) is 1. The lowest BCUT2D eigenvalue weighted by Crippen LogP contribution is -2.44. The fourth-order valence-corrected chi connectivity index (χ4v) is 4.25. The van der Waals surface area contributed by atoms with Crippen molar-refractivity contribution in [2.75, 3.05) is 4.90 Å². The minimum atomic E-state index is -1.80. The SMILES string of the molecule is CC(C)N1C(=O)[C@@](O)(CC(=O)c2ccc(Br)s2)c2ccccc21. The number of rotatable bonds is 4. The highest BCUT2D eigenvalue weighted by atomic mass is 79.9. The second-order valence-electron chi connectivity index (χ2n) is 5.85. The van der Waals surface area contributed by atoms with E-state index in [2.05, 4.69) is 15.9 Å². The molecule has 0 unspecified atom stereocenters. The van der Waals surface area contributed by atoms with Crippen LogP contribution in [-0.2, 0) is 10.4 Å². The molecular weight excluding hydrogens is 378 g/mol. The van der Waals surface area contributed by atoms with Gasteiger partial charge in [0.05, 0.1) is 20.8 Å². The summed E-state index contributed by atoms with van der Waals surface area (Å²) in [5, 5.41) is 11.1. The lowest BCUT2D eigenvalue weighted by molar-refractivity contribution is -0.136. The number of Topliss-reactive ketones (excluding diaryl/α,β-unsaturated/α-hetero) is 1. The molecule has 0 saturated carbocycles. The summed E-state index contributed by atoms with van der Waals surface area (Å²) in [5.74, 6) is -0.672. The number of carbonyl (C=O) groups is 2. The van der Waals surface area contributed by atoms with E-state index in [-0.39, 0.29) is 18.2 Å². The zero-order chi connectivity index (χ0) is 16.8. The summed E-state index contributed by atoms with van der Waals surface area (Å²) >= 11 is 4.62. The van der Waals surface area contributed by atoms with Crippen LogP contribution in [0, 0.1) is 0 Å². The number of ketones is 1. The normalized spacial score (nSPS) is 20.2. The minimum Gasteiger partial charge on any atom is -0.375 e. The van der Waals surface area contributed by atoms with E-state index in [0.29, 0.717) is 16.1 Å². The molecule has 0 spiro atoms. The van der Waals surface area contributed by atoms with Gasteiger partial charge >= 0.3 is 0 Å². The van der Waals surface area contributed by atoms with Crippen molar-refractivity contribution in [3.05, 3.63) is 50.6 Å². The number of halogens is 1. The first-order valence-corrected chi connectivity index (χ1v) is 8.89. The summed E-state index contributed by atoms with van der Waals surface area (Å²) in [6.07, 6.45) is -0.251. The van der Waals surface area contributed by atoms with E-state index in [0.717, 1.165) is 3.79 Å². The molecule has 1 N–H and O–H groups in total. The van der Waals surface area contributed by atoms with Gasteiger partial charge in [-0.2, -0.15) is 0 Å². The number of carbonyl (C=O) groups excluding carboxylic acids is 2. The topological polar surface area (TPSA) is 57.6 Å². The summed E-state index contributed by atoms with van der Waals surface area (Å²) < 4.78 is 0.842. The highest BCUT2D eigenvalue weighted by molar-refractivity contribution is 9.11. The van der Waals surface area contributed by atoms with Crippen molar-refractivity contribution < 1.29 is 14.7 Å². The van der Waals surface area contributed by atoms with Gasteiger partial charge in [0, 0.05) is 11.6 Å². The number of anilines is 1. The Morgan fingerprint density at radius 2 is 2.00 bits per heavy atom. The van der Waals surface area contributed by atoms with E-state index >= 15 is 0 Å². The van der Waals surface area contributed by atoms with Gasteiger partial charge in [0.2, 0.25) is 0 Å². The van der Waals surface area contributed by atoms with Gasteiger partial charge in [0.1, 0.15) is 0 Å². The number of hydrogen-bond donors (Lipinski definition) is 1. The Bertz CT molecular complexity index is 786. The second-order valence-corrected chi connectivity index (χ2v) is 8.31. The molecule has 0 fully saturated rings. The fraction of sp³-hybridized carbons (Fsp3) is 0.294. The summed E-state index contributed by atoms with van der Waals surface area (Å²) in [4.78, 5) is 27.4. The number of para-hydroxylation sites is 1. The van der Waals surface area contributed by atoms with E-state index in [1.807, 2.05) is 19.9 Å². The largest absolute Gasteiger partial charge is 0.375 e. The number of amides is 1. The predicted molar refractivity (Wildman–Crippen MR) is 93.9 cm³/mol. The molecule has 1 aromatic heterocycles. The molecule has 0 bridgehead atoms. The first-order chi connectivity index (χ1) is 10.8. The molecule has 3 rings (SSSR count). The van der Waals surface area contributed by atoms with Crippen molar-refractivity contribution in [3.8, 4) is 0 Å². The molecule has 1 aliphatic heterocycles. The van der Waals surface area contributed by atoms with Crippen LogP contribution in [0.15, 0.2) is 40.2 Å². The Kier molecular flexibility index (Phi) is 4.16. The first-order valence-electron chi connectivity index (χ1n) is 7.28. The van der Waals surface area contributed by atoms with E-state index < -0.39 is 11.5 Å². The average molecular weight is 394 g/mol. The third-order valence-electron chi connectivity index (χ3n) is 3.96. The van der Waals surface area contributed by atoms with Gasteiger partial charge in [-0.3, -0.25) is 9.59 Å². The number of benzene rings is 1. The second kappa shape index (κ2) is 5.85. The molecule has 0 radical (unpaired) electrons. The highest BCUT2D eigenvalue weighted by Crippen LogP contribution is 2.44. The van der Waals surface area contributed by atoms with Crippen LogP contribution in [0.25, 0.3) is 0 Å². The Balaban J connectivity index is 2.00. The minimum absolute atomic E-state index is 0.0938. The number of hydrogen-bond acceptors (Lipinski definition) is 4. The van der Waals surface area contributed by atoms with Crippen LogP contribution in [0.4, 0.5) is 5.69 Å². The van der Waals surface area contributed by atoms with Crippen LogP contribution < -0.4 is 4.90 Å². The summed E-state index contributed by atoms with van der Waals surface area (Å²) in [7, 11) is 0. The van der Waals surface area contributed by atoms with Crippen molar-refractivity contribution in [2.24, 2.45) is 0 Å². The van der Waals surface area contributed by atoms with Crippen LogP contribution in [-0.4, -0.2) is 22.8 Å². The molecule has 23 heavy (non-hydrogen) atoms. The monoisotopic (exact) mass is 393 g/mol. The number of aliphatic hydroxyl groups is 1.